The number of aromatic nitrogens is 3. The summed E-state index contributed by atoms with van der Waals surface area (Å²) in [5.74, 6) is 0.617. The fraction of sp³-hybridized carbons (Fsp3) is 0.500. The predicted molar refractivity (Wildman–Crippen MR) is 79.7 cm³/mol. The number of imidazole rings is 1. The first-order chi connectivity index (χ1) is 9.28. The van der Waals surface area contributed by atoms with Crippen LogP contribution in [0.4, 0.5) is 0 Å². The lowest BCUT2D eigenvalue weighted by molar-refractivity contribution is -0.123. The Morgan fingerprint density at radius 3 is 2.80 bits per heavy atom. The van der Waals surface area contributed by atoms with E-state index in [4.69, 9.17) is 11.6 Å². The van der Waals surface area contributed by atoms with E-state index in [0.29, 0.717) is 5.82 Å². The molecule has 1 N–H and O–H groups in total. The Kier molecular flexibility index (Phi) is 3.99. The van der Waals surface area contributed by atoms with Crippen molar-refractivity contribution in [3.8, 4) is 0 Å². The van der Waals surface area contributed by atoms with Crippen molar-refractivity contribution in [3.05, 3.63) is 24.3 Å². The van der Waals surface area contributed by atoms with Crippen LogP contribution in [-0.2, 0) is 11.3 Å². The molecule has 2 heterocycles. The van der Waals surface area contributed by atoms with Crippen LogP contribution in [0.25, 0.3) is 11.0 Å². The lowest BCUT2D eigenvalue weighted by atomic mass is 10.1. The molecule has 0 aliphatic rings. The topological polar surface area (TPSA) is 59.8 Å². The smallest absolute Gasteiger partial charge is 0.240 e. The standard InChI is InChI=1S/C14H19ClN4O/c1-9(15)13-17-10-7-16-6-5-11(10)19(13)8-12(20)18-14(2,3)4/h5-7,9H,8H2,1-4H3,(H,18,20). The lowest BCUT2D eigenvalue weighted by Gasteiger charge is -2.21. The highest BCUT2D eigenvalue weighted by molar-refractivity contribution is 6.20. The Labute approximate surface area is 123 Å². The summed E-state index contributed by atoms with van der Waals surface area (Å²) in [7, 11) is 0. The minimum atomic E-state index is -0.273. The van der Waals surface area contributed by atoms with Crippen molar-refractivity contribution in [1.82, 2.24) is 19.9 Å². The van der Waals surface area contributed by atoms with Crippen LogP contribution in [0, 0.1) is 0 Å². The van der Waals surface area contributed by atoms with Gasteiger partial charge in [-0.05, 0) is 33.8 Å². The molecule has 2 rings (SSSR count). The van der Waals surface area contributed by atoms with Gasteiger partial charge in [0.15, 0.2) is 0 Å². The molecule has 0 saturated carbocycles. The average Bonchev–Trinajstić information content (AvgIpc) is 2.66. The molecule has 108 valence electrons. The van der Waals surface area contributed by atoms with E-state index < -0.39 is 0 Å². The highest BCUT2D eigenvalue weighted by Gasteiger charge is 2.19. The quantitative estimate of drug-likeness (QED) is 0.885. The highest BCUT2D eigenvalue weighted by Crippen LogP contribution is 2.23. The molecule has 0 aliphatic heterocycles. The second kappa shape index (κ2) is 5.40. The number of halogens is 1. The zero-order valence-electron chi connectivity index (χ0n) is 12.1. The fourth-order valence-corrected chi connectivity index (χ4v) is 2.24. The number of hydrogen-bond acceptors (Lipinski definition) is 3. The van der Waals surface area contributed by atoms with E-state index in [1.165, 1.54) is 0 Å². The number of nitrogens with zero attached hydrogens (tertiary/aromatic N) is 3. The summed E-state index contributed by atoms with van der Waals surface area (Å²) < 4.78 is 1.84. The van der Waals surface area contributed by atoms with Crippen molar-refractivity contribution < 1.29 is 4.79 Å². The third kappa shape index (κ3) is 3.28. The van der Waals surface area contributed by atoms with E-state index in [9.17, 15) is 4.79 Å². The molecule has 0 spiro atoms. The van der Waals surface area contributed by atoms with Gasteiger partial charge in [0.05, 0.1) is 17.1 Å². The fourth-order valence-electron chi connectivity index (χ4n) is 2.07. The van der Waals surface area contributed by atoms with Crippen molar-refractivity contribution >= 4 is 28.5 Å². The summed E-state index contributed by atoms with van der Waals surface area (Å²) in [6.07, 6.45) is 3.36. The van der Waals surface area contributed by atoms with Gasteiger partial charge in [-0.15, -0.1) is 11.6 Å². The summed E-state index contributed by atoms with van der Waals surface area (Å²) in [5.41, 5.74) is 1.35. The molecule has 1 amide bonds. The zero-order chi connectivity index (χ0) is 14.9. The van der Waals surface area contributed by atoms with Crippen molar-refractivity contribution in [2.24, 2.45) is 0 Å². The Hall–Kier alpha value is -1.62. The van der Waals surface area contributed by atoms with Crippen LogP contribution >= 0.6 is 11.6 Å². The van der Waals surface area contributed by atoms with E-state index in [0.717, 1.165) is 11.0 Å². The molecule has 0 aliphatic carbocycles. The first-order valence-corrected chi connectivity index (χ1v) is 6.97. The zero-order valence-corrected chi connectivity index (χ0v) is 12.9. The van der Waals surface area contributed by atoms with Gasteiger partial charge < -0.3 is 9.88 Å². The van der Waals surface area contributed by atoms with Gasteiger partial charge in [0.25, 0.3) is 0 Å². The van der Waals surface area contributed by atoms with Gasteiger partial charge in [0, 0.05) is 11.7 Å². The Morgan fingerprint density at radius 2 is 2.20 bits per heavy atom. The normalized spacial score (nSPS) is 13.4. The molecule has 0 aromatic carbocycles. The van der Waals surface area contributed by atoms with Gasteiger partial charge in [-0.2, -0.15) is 0 Å². The number of carbonyl (C=O) groups is 1. The Morgan fingerprint density at radius 1 is 1.50 bits per heavy atom. The Bertz CT molecular complexity index is 628. The van der Waals surface area contributed by atoms with Crippen LogP contribution < -0.4 is 5.32 Å². The third-order valence-electron chi connectivity index (χ3n) is 2.75. The van der Waals surface area contributed by atoms with E-state index in [2.05, 4.69) is 15.3 Å². The molecule has 1 unspecified atom stereocenters. The second-order valence-electron chi connectivity index (χ2n) is 5.83. The number of carbonyl (C=O) groups excluding carboxylic acids is 1. The van der Waals surface area contributed by atoms with E-state index in [-0.39, 0.29) is 23.4 Å². The third-order valence-corrected chi connectivity index (χ3v) is 2.95. The number of hydrogen-bond donors (Lipinski definition) is 1. The van der Waals surface area contributed by atoms with Crippen LogP contribution in [0.5, 0.6) is 0 Å². The first-order valence-electron chi connectivity index (χ1n) is 6.53. The summed E-state index contributed by atoms with van der Waals surface area (Å²) in [4.78, 5) is 20.6. The van der Waals surface area contributed by atoms with Gasteiger partial charge in [0.2, 0.25) is 5.91 Å². The predicted octanol–water partition coefficient (Wildman–Crippen LogP) is 2.65. The van der Waals surface area contributed by atoms with Crippen molar-refractivity contribution in [1.29, 1.82) is 0 Å². The van der Waals surface area contributed by atoms with Crippen molar-refractivity contribution in [2.45, 2.75) is 45.2 Å². The number of rotatable bonds is 3. The summed E-state index contributed by atoms with van der Waals surface area (Å²) in [6, 6.07) is 1.84. The number of alkyl halides is 1. The number of fused-ring (bicyclic) bond motifs is 1. The molecular weight excluding hydrogens is 276 g/mol. The second-order valence-corrected chi connectivity index (χ2v) is 6.49. The van der Waals surface area contributed by atoms with Gasteiger partial charge in [-0.1, -0.05) is 0 Å². The molecule has 2 aromatic rings. The van der Waals surface area contributed by atoms with Crippen molar-refractivity contribution in [2.75, 3.05) is 0 Å². The van der Waals surface area contributed by atoms with E-state index >= 15 is 0 Å². The van der Waals surface area contributed by atoms with Gasteiger partial charge in [-0.3, -0.25) is 9.78 Å². The largest absolute Gasteiger partial charge is 0.350 e. The van der Waals surface area contributed by atoms with Gasteiger partial charge >= 0.3 is 0 Å². The molecule has 0 fully saturated rings. The average molecular weight is 295 g/mol. The molecular formula is C14H19ClN4O. The molecule has 1 atom stereocenters. The first kappa shape index (κ1) is 14.8. The summed E-state index contributed by atoms with van der Waals surface area (Å²) >= 11 is 6.16. The minimum Gasteiger partial charge on any atom is -0.350 e. The van der Waals surface area contributed by atoms with Crippen LogP contribution in [0.1, 0.15) is 38.9 Å². The molecule has 20 heavy (non-hydrogen) atoms. The van der Waals surface area contributed by atoms with Gasteiger partial charge in [-0.25, -0.2) is 4.98 Å². The van der Waals surface area contributed by atoms with Crippen molar-refractivity contribution in [3.63, 3.8) is 0 Å². The molecule has 0 radical (unpaired) electrons. The monoisotopic (exact) mass is 294 g/mol. The maximum atomic E-state index is 12.1. The Balaban J connectivity index is 2.37. The maximum Gasteiger partial charge on any atom is 0.240 e. The number of nitrogens with one attached hydrogen (secondary N) is 1. The highest BCUT2D eigenvalue weighted by atomic mass is 35.5. The lowest BCUT2D eigenvalue weighted by Crippen LogP contribution is -2.42. The molecule has 5 nitrogen and oxygen atoms in total. The van der Waals surface area contributed by atoms with E-state index in [1.807, 2.05) is 38.3 Å². The summed E-state index contributed by atoms with van der Waals surface area (Å²) in [5, 5.41) is 2.67. The van der Waals surface area contributed by atoms with E-state index in [1.54, 1.807) is 12.4 Å². The maximum absolute atomic E-state index is 12.1. The molecule has 2 aromatic heterocycles. The molecule has 6 heteroatoms. The molecule has 0 bridgehead atoms. The minimum absolute atomic E-state index is 0.0628. The van der Waals surface area contributed by atoms with Crippen LogP contribution in [0.15, 0.2) is 18.5 Å². The molecule has 0 saturated heterocycles. The number of pyridine rings is 1. The van der Waals surface area contributed by atoms with Gasteiger partial charge in [0.1, 0.15) is 17.9 Å². The van der Waals surface area contributed by atoms with Crippen LogP contribution in [0.2, 0.25) is 0 Å². The SMILES string of the molecule is CC(Cl)c1nc2cnccc2n1CC(=O)NC(C)(C)C. The van der Waals surface area contributed by atoms with Crippen LogP contribution in [-0.4, -0.2) is 26.0 Å². The van der Waals surface area contributed by atoms with Crippen LogP contribution in [0.3, 0.4) is 0 Å². The number of amides is 1. The summed E-state index contributed by atoms with van der Waals surface area (Å²) in [6.45, 7) is 7.89.